The Morgan fingerprint density at radius 1 is 1.14 bits per heavy atom. The molecule has 0 bridgehead atoms. The van der Waals surface area contributed by atoms with Crippen LogP contribution in [0.15, 0.2) is 18.6 Å². The monoisotopic (exact) mass is 287 g/mol. The van der Waals surface area contributed by atoms with Crippen LogP contribution >= 0.6 is 0 Å². The van der Waals surface area contributed by atoms with Crippen LogP contribution < -0.4 is 5.32 Å². The van der Waals surface area contributed by atoms with Gasteiger partial charge in [-0.3, -0.25) is 4.79 Å². The van der Waals surface area contributed by atoms with E-state index in [-0.39, 0.29) is 11.7 Å². The third kappa shape index (κ3) is 4.87. The van der Waals surface area contributed by atoms with E-state index < -0.39 is 0 Å². The summed E-state index contributed by atoms with van der Waals surface area (Å²) < 4.78 is 0. The second kappa shape index (κ2) is 7.37. The molecule has 110 valence electrons. The summed E-state index contributed by atoms with van der Waals surface area (Å²) in [5, 5.41) is 2.79. The van der Waals surface area contributed by atoms with Crippen molar-refractivity contribution in [3.05, 3.63) is 24.4 Å². The van der Waals surface area contributed by atoms with E-state index in [1.165, 1.54) is 6.92 Å². The number of aromatic nitrogens is 4. The Labute approximate surface area is 122 Å². The fourth-order valence-corrected chi connectivity index (χ4v) is 1.83. The van der Waals surface area contributed by atoms with Crippen LogP contribution in [-0.4, -0.2) is 38.2 Å². The molecule has 0 aromatic carbocycles. The van der Waals surface area contributed by atoms with E-state index in [1.54, 1.807) is 18.6 Å². The van der Waals surface area contributed by atoms with Gasteiger partial charge in [-0.15, -0.1) is 0 Å². The molecule has 0 atom stereocenters. The fourth-order valence-electron chi connectivity index (χ4n) is 1.83. The largest absolute Gasteiger partial charge is 0.356 e. The molecule has 2 heterocycles. The number of rotatable bonds is 7. The lowest BCUT2D eigenvalue weighted by molar-refractivity contribution is -0.121. The number of nitrogens with zero attached hydrogens (tertiary/aromatic N) is 4. The Morgan fingerprint density at radius 3 is 2.76 bits per heavy atom. The number of carbonyl (C=O) groups excluding carboxylic acids is 2. The smallest absolute Gasteiger partial charge is 0.220 e. The van der Waals surface area contributed by atoms with Crippen LogP contribution in [-0.2, 0) is 16.0 Å². The van der Waals surface area contributed by atoms with Crippen molar-refractivity contribution in [2.45, 2.75) is 32.6 Å². The van der Waals surface area contributed by atoms with Crippen LogP contribution in [0, 0.1) is 0 Å². The SMILES string of the molecule is CC(=O)CCCC(=O)NCCc1ncc2nccnc2n1. The maximum atomic E-state index is 11.5. The first kappa shape index (κ1) is 15.0. The van der Waals surface area contributed by atoms with E-state index in [4.69, 9.17) is 0 Å². The van der Waals surface area contributed by atoms with Crippen molar-refractivity contribution in [2.75, 3.05) is 6.54 Å². The topological polar surface area (TPSA) is 97.7 Å². The molecule has 0 aliphatic heterocycles. The number of hydrogen-bond acceptors (Lipinski definition) is 6. The van der Waals surface area contributed by atoms with Gasteiger partial charge in [-0.2, -0.15) is 0 Å². The van der Waals surface area contributed by atoms with E-state index in [1.807, 2.05) is 0 Å². The molecule has 0 radical (unpaired) electrons. The van der Waals surface area contributed by atoms with Gasteiger partial charge in [0.05, 0.1) is 6.20 Å². The summed E-state index contributed by atoms with van der Waals surface area (Å²) in [7, 11) is 0. The standard InChI is InChI=1S/C14H17N5O2/c1-10(20)3-2-4-13(21)16-6-5-12-18-9-11-14(19-12)17-8-7-15-11/h7-9H,2-6H2,1H3,(H,16,21). The zero-order valence-electron chi connectivity index (χ0n) is 11.9. The maximum Gasteiger partial charge on any atom is 0.220 e. The van der Waals surface area contributed by atoms with Crippen molar-refractivity contribution < 1.29 is 9.59 Å². The van der Waals surface area contributed by atoms with Crippen LogP contribution in [0.5, 0.6) is 0 Å². The lowest BCUT2D eigenvalue weighted by Crippen LogP contribution is -2.26. The molecule has 0 spiro atoms. The summed E-state index contributed by atoms with van der Waals surface area (Å²) in [5.41, 5.74) is 1.20. The van der Waals surface area contributed by atoms with E-state index >= 15 is 0 Å². The molecule has 0 saturated carbocycles. The van der Waals surface area contributed by atoms with E-state index in [2.05, 4.69) is 25.3 Å². The molecular formula is C14H17N5O2. The highest BCUT2D eigenvalue weighted by atomic mass is 16.1. The third-order valence-corrected chi connectivity index (χ3v) is 2.88. The molecule has 1 N–H and O–H groups in total. The van der Waals surface area contributed by atoms with Gasteiger partial charge in [-0.05, 0) is 13.3 Å². The average Bonchev–Trinajstić information content (AvgIpc) is 2.47. The number of Topliss-reactive ketones (excluding diaryl/α,β-unsaturated/α-hetero) is 1. The highest BCUT2D eigenvalue weighted by Crippen LogP contribution is 2.03. The zero-order chi connectivity index (χ0) is 15.1. The first-order valence-corrected chi connectivity index (χ1v) is 6.84. The third-order valence-electron chi connectivity index (χ3n) is 2.88. The second-order valence-electron chi connectivity index (χ2n) is 4.71. The number of fused-ring (bicyclic) bond motifs is 1. The molecule has 2 aromatic heterocycles. The van der Waals surface area contributed by atoms with Gasteiger partial charge >= 0.3 is 0 Å². The number of ketones is 1. The van der Waals surface area contributed by atoms with Crippen LogP contribution in [0.2, 0.25) is 0 Å². The van der Waals surface area contributed by atoms with Crippen molar-refractivity contribution in [2.24, 2.45) is 0 Å². The molecule has 2 aromatic rings. The summed E-state index contributed by atoms with van der Waals surface area (Å²) in [4.78, 5) is 39.0. The first-order valence-electron chi connectivity index (χ1n) is 6.84. The number of nitrogens with one attached hydrogen (secondary N) is 1. The quantitative estimate of drug-likeness (QED) is 0.810. The average molecular weight is 287 g/mol. The van der Waals surface area contributed by atoms with Crippen molar-refractivity contribution in [3.8, 4) is 0 Å². The summed E-state index contributed by atoms with van der Waals surface area (Å²) in [6, 6.07) is 0. The number of amides is 1. The van der Waals surface area contributed by atoms with Gasteiger partial charge in [-0.1, -0.05) is 0 Å². The van der Waals surface area contributed by atoms with Crippen LogP contribution in [0.3, 0.4) is 0 Å². The molecule has 21 heavy (non-hydrogen) atoms. The summed E-state index contributed by atoms with van der Waals surface area (Å²) >= 11 is 0. The van der Waals surface area contributed by atoms with Crippen molar-refractivity contribution in [3.63, 3.8) is 0 Å². The predicted molar refractivity (Wildman–Crippen MR) is 76.4 cm³/mol. The Balaban J connectivity index is 1.77. The minimum atomic E-state index is -0.0585. The summed E-state index contributed by atoms with van der Waals surface area (Å²) in [5.74, 6) is 0.664. The summed E-state index contributed by atoms with van der Waals surface area (Å²) in [6.07, 6.45) is 6.72. The first-order chi connectivity index (χ1) is 10.1. The predicted octanol–water partition coefficient (Wildman–Crippen LogP) is 0.838. The molecule has 2 rings (SSSR count). The molecule has 0 unspecified atom stereocenters. The van der Waals surface area contributed by atoms with Crippen LogP contribution in [0.1, 0.15) is 32.0 Å². The van der Waals surface area contributed by atoms with E-state index in [9.17, 15) is 9.59 Å². The Hall–Kier alpha value is -2.44. The van der Waals surface area contributed by atoms with Gasteiger partial charge in [0.15, 0.2) is 5.65 Å². The van der Waals surface area contributed by atoms with Crippen LogP contribution in [0.4, 0.5) is 0 Å². The molecule has 7 heteroatoms. The molecule has 0 saturated heterocycles. The number of hydrogen-bond donors (Lipinski definition) is 1. The van der Waals surface area contributed by atoms with Gasteiger partial charge in [0.2, 0.25) is 5.91 Å². The Morgan fingerprint density at radius 2 is 1.95 bits per heavy atom. The van der Waals surface area contributed by atoms with Gasteiger partial charge < -0.3 is 10.1 Å². The molecule has 1 amide bonds. The second-order valence-corrected chi connectivity index (χ2v) is 4.71. The highest BCUT2D eigenvalue weighted by Gasteiger charge is 2.04. The Bertz CT molecular complexity index is 644. The molecule has 0 aliphatic carbocycles. The van der Waals surface area contributed by atoms with Crippen molar-refractivity contribution in [1.82, 2.24) is 25.3 Å². The molecule has 0 fully saturated rings. The normalized spacial score (nSPS) is 10.5. The number of carbonyl (C=O) groups is 2. The minimum absolute atomic E-state index is 0.0585. The lowest BCUT2D eigenvalue weighted by Gasteiger charge is -2.04. The van der Waals surface area contributed by atoms with E-state index in [0.29, 0.717) is 49.2 Å². The van der Waals surface area contributed by atoms with Gasteiger partial charge in [0, 0.05) is 38.2 Å². The Kier molecular flexibility index (Phi) is 5.25. The molecule has 7 nitrogen and oxygen atoms in total. The zero-order valence-corrected chi connectivity index (χ0v) is 11.9. The van der Waals surface area contributed by atoms with Gasteiger partial charge in [-0.25, -0.2) is 19.9 Å². The van der Waals surface area contributed by atoms with Crippen LogP contribution in [0.25, 0.3) is 11.2 Å². The highest BCUT2D eigenvalue weighted by molar-refractivity contribution is 5.78. The molecular weight excluding hydrogens is 270 g/mol. The van der Waals surface area contributed by atoms with Crippen molar-refractivity contribution in [1.29, 1.82) is 0 Å². The lowest BCUT2D eigenvalue weighted by atomic mass is 10.2. The van der Waals surface area contributed by atoms with Gasteiger partial charge in [0.25, 0.3) is 0 Å². The fraction of sp³-hybridized carbons (Fsp3) is 0.429. The maximum absolute atomic E-state index is 11.5. The van der Waals surface area contributed by atoms with E-state index in [0.717, 1.165) is 0 Å². The van der Waals surface area contributed by atoms with Crippen molar-refractivity contribution >= 4 is 22.9 Å². The molecule has 0 aliphatic rings. The summed E-state index contributed by atoms with van der Waals surface area (Å²) in [6.45, 7) is 1.99. The van der Waals surface area contributed by atoms with Gasteiger partial charge in [0.1, 0.15) is 17.1 Å². The minimum Gasteiger partial charge on any atom is -0.356 e.